The van der Waals surface area contributed by atoms with Crippen molar-refractivity contribution in [3.8, 4) is 0 Å². The topological polar surface area (TPSA) is 58.1 Å². The number of hydrogen-bond acceptors (Lipinski definition) is 3. The van der Waals surface area contributed by atoms with Crippen LogP contribution in [-0.4, -0.2) is 41.5 Å². The molecule has 5 nitrogen and oxygen atoms in total. The third kappa shape index (κ3) is 3.38. The number of urea groups is 1. The lowest BCUT2D eigenvalue weighted by atomic mass is 10.3. The fourth-order valence-corrected chi connectivity index (χ4v) is 0.922. The average Bonchev–Trinajstić information content (AvgIpc) is 2.19. The molecule has 0 unspecified atom stereocenters. The summed E-state index contributed by atoms with van der Waals surface area (Å²) in [6.07, 6.45) is 3.92. The summed E-state index contributed by atoms with van der Waals surface area (Å²) in [5.74, 6) is 0. The highest BCUT2D eigenvalue weighted by Gasteiger charge is 2.01. The molecule has 1 aromatic rings. The summed E-state index contributed by atoms with van der Waals surface area (Å²) in [6.45, 7) is 0.591. The summed E-state index contributed by atoms with van der Waals surface area (Å²) in [5.41, 5.74) is 0.930. The predicted molar refractivity (Wildman–Crippen MR) is 52.8 cm³/mol. The van der Waals surface area contributed by atoms with Gasteiger partial charge in [-0.05, 0) is 6.07 Å². The molecule has 0 fully saturated rings. The monoisotopic (exact) mass is 194 g/mol. The van der Waals surface area contributed by atoms with Crippen molar-refractivity contribution >= 4 is 6.03 Å². The molecule has 0 bridgehead atoms. The number of carbonyl (C=O) groups excluding carboxylic acids is 1. The zero-order chi connectivity index (χ0) is 10.4. The van der Waals surface area contributed by atoms with Crippen molar-refractivity contribution in [2.24, 2.45) is 0 Å². The van der Waals surface area contributed by atoms with Gasteiger partial charge >= 0.3 is 6.03 Å². The number of rotatable bonds is 3. The molecule has 1 heterocycles. The highest BCUT2D eigenvalue weighted by Crippen LogP contribution is 1.91. The van der Waals surface area contributed by atoms with Crippen molar-refractivity contribution < 1.29 is 4.79 Å². The zero-order valence-corrected chi connectivity index (χ0v) is 8.40. The van der Waals surface area contributed by atoms with E-state index in [1.54, 1.807) is 20.3 Å². The zero-order valence-electron chi connectivity index (χ0n) is 8.40. The molecule has 1 aromatic heterocycles. The first-order chi connectivity index (χ1) is 6.70. The summed E-state index contributed by atoms with van der Waals surface area (Å²) in [7, 11) is 3.42. The highest BCUT2D eigenvalue weighted by molar-refractivity contribution is 5.73. The van der Waals surface area contributed by atoms with Gasteiger partial charge in [0.1, 0.15) is 6.33 Å². The lowest BCUT2D eigenvalue weighted by molar-refractivity contribution is 0.217. The molecule has 2 amide bonds. The van der Waals surface area contributed by atoms with Crippen LogP contribution in [0.2, 0.25) is 0 Å². The first kappa shape index (κ1) is 10.4. The summed E-state index contributed by atoms with van der Waals surface area (Å²) in [6, 6.07) is 1.75. The molecule has 5 heteroatoms. The van der Waals surface area contributed by atoms with E-state index in [-0.39, 0.29) is 6.03 Å². The van der Waals surface area contributed by atoms with Crippen LogP contribution in [0.4, 0.5) is 4.79 Å². The predicted octanol–water partition coefficient (Wildman–Crippen LogP) is 0.290. The molecule has 0 atom stereocenters. The summed E-state index contributed by atoms with van der Waals surface area (Å²) in [5, 5.41) is 2.76. The van der Waals surface area contributed by atoms with Crippen molar-refractivity contribution in [2.75, 3.05) is 20.6 Å². The van der Waals surface area contributed by atoms with E-state index in [0.717, 1.165) is 12.1 Å². The molecule has 0 aromatic carbocycles. The Morgan fingerprint density at radius 1 is 1.57 bits per heavy atom. The minimum Gasteiger partial charge on any atom is -0.338 e. The van der Waals surface area contributed by atoms with Crippen LogP contribution in [0.1, 0.15) is 5.69 Å². The second-order valence-electron chi connectivity index (χ2n) is 3.08. The molecule has 76 valence electrons. The summed E-state index contributed by atoms with van der Waals surface area (Å²) in [4.78, 5) is 20.5. The maximum atomic E-state index is 11.1. The van der Waals surface area contributed by atoms with Gasteiger partial charge in [-0.1, -0.05) is 0 Å². The molecule has 14 heavy (non-hydrogen) atoms. The van der Waals surface area contributed by atoms with Crippen LogP contribution in [-0.2, 0) is 6.42 Å². The Bertz CT molecular complexity index is 286. The lowest BCUT2D eigenvalue weighted by Crippen LogP contribution is -2.35. The molecule has 0 saturated carbocycles. The van der Waals surface area contributed by atoms with Gasteiger partial charge in [0.25, 0.3) is 0 Å². The van der Waals surface area contributed by atoms with Crippen molar-refractivity contribution in [1.29, 1.82) is 0 Å². The van der Waals surface area contributed by atoms with Gasteiger partial charge in [0.15, 0.2) is 0 Å². The molecule has 0 aliphatic carbocycles. The molecule has 0 aliphatic heterocycles. The maximum absolute atomic E-state index is 11.1. The van der Waals surface area contributed by atoms with Crippen molar-refractivity contribution in [3.63, 3.8) is 0 Å². The first-order valence-electron chi connectivity index (χ1n) is 4.40. The van der Waals surface area contributed by atoms with Gasteiger partial charge in [0.2, 0.25) is 0 Å². The Kier molecular flexibility index (Phi) is 3.84. The Labute approximate surface area is 83.2 Å². The fourth-order valence-electron chi connectivity index (χ4n) is 0.922. The molecule has 0 radical (unpaired) electrons. The third-order valence-corrected chi connectivity index (χ3v) is 1.71. The largest absolute Gasteiger partial charge is 0.338 e. The Morgan fingerprint density at radius 3 is 2.93 bits per heavy atom. The minimum absolute atomic E-state index is 0.0842. The molecule has 0 saturated heterocycles. The van der Waals surface area contributed by atoms with Crippen molar-refractivity contribution in [2.45, 2.75) is 6.42 Å². The van der Waals surface area contributed by atoms with Crippen molar-refractivity contribution in [1.82, 2.24) is 20.2 Å². The minimum atomic E-state index is -0.0842. The summed E-state index contributed by atoms with van der Waals surface area (Å²) < 4.78 is 0. The molecular weight excluding hydrogens is 180 g/mol. The van der Waals surface area contributed by atoms with E-state index in [1.165, 1.54) is 11.2 Å². The molecule has 1 rings (SSSR count). The lowest BCUT2D eigenvalue weighted by Gasteiger charge is -2.11. The molecule has 1 N–H and O–H groups in total. The van der Waals surface area contributed by atoms with Crippen LogP contribution in [0.15, 0.2) is 18.6 Å². The third-order valence-electron chi connectivity index (χ3n) is 1.71. The SMILES string of the molecule is CN(C)C(=O)NCCc1ccncn1. The van der Waals surface area contributed by atoms with E-state index in [4.69, 9.17) is 0 Å². The quantitative estimate of drug-likeness (QED) is 0.752. The van der Waals surface area contributed by atoms with Crippen LogP contribution in [0.5, 0.6) is 0 Å². The van der Waals surface area contributed by atoms with Crippen LogP contribution in [0.25, 0.3) is 0 Å². The van der Waals surface area contributed by atoms with E-state index in [1.807, 2.05) is 6.07 Å². The smallest absolute Gasteiger partial charge is 0.316 e. The maximum Gasteiger partial charge on any atom is 0.316 e. The normalized spacial score (nSPS) is 9.57. The van der Waals surface area contributed by atoms with E-state index in [9.17, 15) is 4.79 Å². The second-order valence-corrected chi connectivity index (χ2v) is 3.08. The van der Waals surface area contributed by atoms with Crippen LogP contribution < -0.4 is 5.32 Å². The average molecular weight is 194 g/mol. The van der Waals surface area contributed by atoms with Crippen LogP contribution in [0, 0.1) is 0 Å². The van der Waals surface area contributed by atoms with Crippen LogP contribution >= 0.6 is 0 Å². The number of amides is 2. The standard InChI is InChI=1S/C9H14N4O/c1-13(2)9(14)11-6-4-8-3-5-10-7-12-8/h3,5,7H,4,6H2,1-2H3,(H,11,14). The van der Waals surface area contributed by atoms with Gasteiger partial charge in [-0.25, -0.2) is 14.8 Å². The molecule has 0 spiro atoms. The van der Waals surface area contributed by atoms with Gasteiger partial charge in [-0.3, -0.25) is 0 Å². The first-order valence-corrected chi connectivity index (χ1v) is 4.40. The van der Waals surface area contributed by atoms with Gasteiger partial charge in [0, 0.05) is 39.0 Å². The van der Waals surface area contributed by atoms with E-state index in [0.29, 0.717) is 6.54 Å². The second kappa shape index (κ2) is 5.16. The Morgan fingerprint density at radius 2 is 2.36 bits per heavy atom. The number of hydrogen-bond donors (Lipinski definition) is 1. The Balaban J connectivity index is 2.26. The van der Waals surface area contributed by atoms with E-state index in [2.05, 4.69) is 15.3 Å². The fraction of sp³-hybridized carbons (Fsp3) is 0.444. The molecular formula is C9H14N4O. The number of carbonyl (C=O) groups is 1. The van der Waals surface area contributed by atoms with E-state index >= 15 is 0 Å². The van der Waals surface area contributed by atoms with Crippen molar-refractivity contribution in [3.05, 3.63) is 24.3 Å². The van der Waals surface area contributed by atoms with Gasteiger partial charge in [-0.2, -0.15) is 0 Å². The number of nitrogens with zero attached hydrogens (tertiary/aromatic N) is 3. The summed E-state index contributed by atoms with van der Waals surface area (Å²) >= 11 is 0. The molecule has 0 aliphatic rings. The number of aromatic nitrogens is 2. The van der Waals surface area contributed by atoms with Gasteiger partial charge in [0.05, 0.1) is 0 Å². The highest BCUT2D eigenvalue weighted by atomic mass is 16.2. The van der Waals surface area contributed by atoms with Crippen LogP contribution in [0.3, 0.4) is 0 Å². The van der Waals surface area contributed by atoms with Gasteiger partial charge < -0.3 is 10.2 Å². The Hall–Kier alpha value is -1.65. The van der Waals surface area contributed by atoms with E-state index < -0.39 is 0 Å². The van der Waals surface area contributed by atoms with Gasteiger partial charge in [-0.15, -0.1) is 0 Å². The number of nitrogens with one attached hydrogen (secondary N) is 1.